The molecule has 20 heavy (non-hydrogen) atoms. The molecule has 0 aliphatic heterocycles. The fourth-order valence-corrected chi connectivity index (χ4v) is 2.38. The normalized spacial score (nSPS) is 10.3. The van der Waals surface area contributed by atoms with Gasteiger partial charge in [0, 0.05) is 18.0 Å². The molecule has 0 saturated carbocycles. The zero-order valence-electron chi connectivity index (χ0n) is 11.6. The molecule has 0 bridgehead atoms. The van der Waals surface area contributed by atoms with Crippen LogP contribution in [-0.4, -0.2) is 28.0 Å². The Bertz CT molecular complexity index is 525. The summed E-state index contributed by atoms with van der Waals surface area (Å²) < 4.78 is 0. The molecule has 2 heterocycles. The first-order valence-electron chi connectivity index (χ1n) is 6.50. The number of hydrogen-bond acceptors (Lipinski definition) is 8. The van der Waals surface area contributed by atoms with Crippen LogP contribution < -0.4 is 21.5 Å². The second kappa shape index (κ2) is 7.01. The molecule has 0 aliphatic rings. The molecule has 8 heteroatoms. The molecule has 108 valence electrons. The van der Waals surface area contributed by atoms with Gasteiger partial charge in [-0.1, -0.05) is 6.07 Å². The Balaban J connectivity index is 2.16. The van der Waals surface area contributed by atoms with E-state index in [1.165, 1.54) is 4.88 Å². The second-order valence-electron chi connectivity index (χ2n) is 4.03. The summed E-state index contributed by atoms with van der Waals surface area (Å²) in [4.78, 5) is 16.2. The van der Waals surface area contributed by atoms with Crippen molar-refractivity contribution < 1.29 is 0 Å². The Labute approximate surface area is 122 Å². The Morgan fingerprint density at radius 1 is 1.20 bits per heavy atom. The summed E-state index contributed by atoms with van der Waals surface area (Å²) in [6.07, 6.45) is 0. The van der Waals surface area contributed by atoms with E-state index in [0.717, 1.165) is 13.1 Å². The van der Waals surface area contributed by atoms with Crippen molar-refractivity contribution in [2.75, 3.05) is 28.7 Å². The van der Waals surface area contributed by atoms with E-state index < -0.39 is 0 Å². The van der Waals surface area contributed by atoms with Crippen LogP contribution in [0.2, 0.25) is 0 Å². The van der Waals surface area contributed by atoms with Gasteiger partial charge in [0.2, 0.25) is 17.8 Å². The molecule has 0 radical (unpaired) electrons. The average Bonchev–Trinajstić information content (AvgIpc) is 2.99. The standard InChI is InChI=1S/C12H19N7S/c1-3-19(4-2)12-16-10(15-11(17-12)18-13)14-8-9-6-5-7-20-9/h5-7H,3-4,8,13H2,1-2H3,(H2,14,15,16,17,18). The second-order valence-corrected chi connectivity index (χ2v) is 5.06. The lowest BCUT2D eigenvalue weighted by atomic mass is 10.5. The first-order valence-corrected chi connectivity index (χ1v) is 7.38. The van der Waals surface area contributed by atoms with Crippen LogP contribution in [0.25, 0.3) is 0 Å². The van der Waals surface area contributed by atoms with Crippen LogP contribution in [0.3, 0.4) is 0 Å². The van der Waals surface area contributed by atoms with E-state index >= 15 is 0 Å². The SMILES string of the molecule is CCN(CC)c1nc(NN)nc(NCc2cccs2)n1. The van der Waals surface area contributed by atoms with Crippen LogP contribution in [-0.2, 0) is 6.54 Å². The molecule has 2 aromatic heterocycles. The van der Waals surface area contributed by atoms with Gasteiger partial charge >= 0.3 is 0 Å². The summed E-state index contributed by atoms with van der Waals surface area (Å²) in [7, 11) is 0. The number of hydrogen-bond donors (Lipinski definition) is 3. The number of thiophene rings is 1. The third-order valence-corrected chi connectivity index (χ3v) is 3.68. The summed E-state index contributed by atoms with van der Waals surface area (Å²) in [5.41, 5.74) is 2.48. The predicted octanol–water partition coefficient (Wildman–Crippen LogP) is 1.68. The summed E-state index contributed by atoms with van der Waals surface area (Å²) in [5.74, 6) is 6.91. The van der Waals surface area contributed by atoms with Crippen molar-refractivity contribution >= 4 is 29.2 Å². The van der Waals surface area contributed by atoms with Crippen molar-refractivity contribution in [3.63, 3.8) is 0 Å². The van der Waals surface area contributed by atoms with Crippen molar-refractivity contribution in [1.29, 1.82) is 0 Å². The van der Waals surface area contributed by atoms with Crippen molar-refractivity contribution in [3.8, 4) is 0 Å². The molecule has 0 spiro atoms. The number of nitrogens with two attached hydrogens (primary N) is 1. The predicted molar refractivity (Wildman–Crippen MR) is 82.8 cm³/mol. The largest absolute Gasteiger partial charge is 0.349 e. The highest BCUT2D eigenvalue weighted by molar-refractivity contribution is 7.09. The van der Waals surface area contributed by atoms with E-state index in [2.05, 4.69) is 45.6 Å². The molecule has 0 aliphatic carbocycles. The number of anilines is 3. The maximum atomic E-state index is 5.41. The van der Waals surface area contributed by atoms with Gasteiger partial charge in [-0.25, -0.2) is 5.84 Å². The molecule has 0 fully saturated rings. The van der Waals surface area contributed by atoms with Crippen molar-refractivity contribution in [2.24, 2.45) is 5.84 Å². The Morgan fingerprint density at radius 2 is 1.95 bits per heavy atom. The van der Waals surface area contributed by atoms with E-state index in [0.29, 0.717) is 24.4 Å². The summed E-state index contributed by atoms with van der Waals surface area (Å²) >= 11 is 1.69. The van der Waals surface area contributed by atoms with Crippen LogP contribution >= 0.6 is 11.3 Å². The van der Waals surface area contributed by atoms with Gasteiger partial charge in [0.15, 0.2) is 0 Å². The highest BCUT2D eigenvalue weighted by Crippen LogP contribution is 2.15. The Hall–Kier alpha value is -1.93. The molecular weight excluding hydrogens is 274 g/mol. The molecule has 0 aromatic carbocycles. The van der Waals surface area contributed by atoms with E-state index in [1.807, 2.05) is 16.3 Å². The molecule has 0 atom stereocenters. The van der Waals surface area contributed by atoms with E-state index in [9.17, 15) is 0 Å². The average molecular weight is 293 g/mol. The van der Waals surface area contributed by atoms with Gasteiger partial charge in [0.1, 0.15) is 0 Å². The molecule has 7 nitrogen and oxygen atoms in total. The van der Waals surface area contributed by atoms with Crippen LogP contribution in [0.4, 0.5) is 17.8 Å². The monoisotopic (exact) mass is 293 g/mol. The van der Waals surface area contributed by atoms with E-state index in [4.69, 9.17) is 5.84 Å². The van der Waals surface area contributed by atoms with Crippen molar-refractivity contribution in [3.05, 3.63) is 22.4 Å². The number of rotatable bonds is 7. The number of nitrogens with zero attached hydrogens (tertiary/aromatic N) is 4. The smallest absolute Gasteiger partial charge is 0.243 e. The van der Waals surface area contributed by atoms with Gasteiger partial charge in [-0.15, -0.1) is 11.3 Å². The summed E-state index contributed by atoms with van der Waals surface area (Å²) in [5, 5.41) is 5.23. The fourth-order valence-electron chi connectivity index (χ4n) is 1.74. The van der Waals surface area contributed by atoms with Gasteiger partial charge in [0.25, 0.3) is 0 Å². The Morgan fingerprint density at radius 3 is 2.55 bits per heavy atom. The first-order chi connectivity index (χ1) is 9.76. The van der Waals surface area contributed by atoms with Crippen molar-refractivity contribution in [2.45, 2.75) is 20.4 Å². The van der Waals surface area contributed by atoms with E-state index in [1.54, 1.807) is 11.3 Å². The molecule has 0 amide bonds. The summed E-state index contributed by atoms with van der Waals surface area (Å²) in [6.45, 7) is 6.45. The van der Waals surface area contributed by atoms with Gasteiger partial charge in [-0.2, -0.15) is 15.0 Å². The number of aromatic nitrogens is 3. The third kappa shape index (κ3) is 3.55. The zero-order valence-corrected chi connectivity index (χ0v) is 12.4. The van der Waals surface area contributed by atoms with E-state index in [-0.39, 0.29) is 0 Å². The lowest BCUT2D eigenvalue weighted by Gasteiger charge is -2.19. The maximum Gasteiger partial charge on any atom is 0.243 e. The van der Waals surface area contributed by atoms with Crippen LogP contribution in [0, 0.1) is 0 Å². The van der Waals surface area contributed by atoms with Crippen LogP contribution in [0.1, 0.15) is 18.7 Å². The number of nitrogen functional groups attached to an aromatic ring is 1. The number of nitrogens with one attached hydrogen (secondary N) is 2. The fraction of sp³-hybridized carbons (Fsp3) is 0.417. The molecule has 2 rings (SSSR count). The van der Waals surface area contributed by atoms with Crippen molar-refractivity contribution in [1.82, 2.24) is 15.0 Å². The highest BCUT2D eigenvalue weighted by atomic mass is 32.1. The highest BCUT2D eigenvalue weighted by Gasteiger charge is 2.10. The van der Waals surface area contributed by atoms with Gasteiger partial charge in [0.05, 0.1) is 6.54 Å². The third-order valence-electron chi connectivity index (χ3n) is 2.80. The quantitative estimate of drug-likeness (QED) is 0.528. The van der Waals surface area contributed by atoms with Crippen LogP contribution in [0.15, 0.2) is 17.5 Å². The molecule has 0 unspecified atom stereocenters. The minimum Gasteiger partial charge on any atom is -0.349 e. The van der Waals surface area contributed by atoms with Gasteiger partial charge in [-0.3, -0.25) is 5.43 Å². The molecular formula is C12H19N7S. The van der Waals surface area contributed by atoms with Crippen LogP contribution in [0.5, 0.6) is 0 Å². The molecule has 4 N–H and O–H groups in total. The van der Waals surface area contributed by atoms with Gasteiger partial charge < -0.3 is 10.2 Å². The zero-order chi connectivity index (χ0) is 14.4. The minimum absolute atomic E-state index is 0.357. The molecule has 0 saturated heterocycles. The first kappa shape index (κ1) is 14.5. The summed E-state index contributed by atoms with van der Waals surface area (Å²) in [6, 6.07) is 4.08. The lowest BCUT2D eigenvalue weighted by Crippen LogP contribution is -2.26. The minimum atomic E-state index is 0.357. The molecule has 2 aromatic rings. The Kier molecular flexibility index (Phi) is 5.08. The van der Waals surface area contributed by atoms with Gasteiger partial charge in [-0.05, 0) is 25.3 Å². The number of hydrazine groups is 1. The topological polar surface area (TPSA) is 92.0 Å². The lowest BCUT2D eigenvalue weighted by molar-refractivity contribution is 0.812. The maximum absolute atomic E-state index is 5.41.